The predicted octanol–water partition coefficient (Wildman–Crippen LogP) is 1.21. The average Bonchev–Trinajstić information content (AvgIpc) is 3.32. The molecule has 0 bridgehead atoms. The predicted molar refractivity (Wildman–Crippen MR) is 104 cm³/mol. The summed E-state index contributed by atoms with van der Waals surface area (Å²) in [5, 5.41) is 7.70. The van der Waals surface area contributed by atoms with Crippen LogP contribution in [0.15, 0.2) is 4.99 Å². The van der Waals surface area contributed by atoms with Crippen LogP contribution in [-0.2, 0) is 4.79 Å². The number of aliphatic imine (C=N–C) groups is 1. The van der Waals surface area contributed by atoms with Crippen molar-refractivity contribution in [2.75, 3.05) is 18.8 Å². The van der Waals surface area contributed by atoms with Crippen LogP contribution in [0.4, 0.5) is 17.6 Å². The molecule has 2 aliphatic heterocycles. The van der Waals surface area contributed by atoms with Gasteiger partial charge in [0.05, 0.1) is 6.17 Å². The van der Waals surface area contributed by atoms with Gasteiger partial charge in [-0.25, -0.2) is 15.2 Å². The molecule has 3 aliphatic rings. The van der Waals surface area contributed by atoms with E-state index in [9.17, 15) is 22.4 Å². The zero-order valence-electron chi connectivity index (χ0n) is 15.6. The third kappa shape index (κ3) is 6.58. The van der Waals surface area contributed by atoms with Gasteiger partial charge in [-0.3, -0.25) is 20.4 Å². The third-order valence-electron chi connectivity index (χ3n) is 5.13. The second-order valence-electron chi connectivity index (χ2n) is 7.39. The monoisotopic (exact) mass is 460 g/mol. The highest BCUT2D eigenvalue weighted by Crippen LogP contribution is 2.31. The molecule has 1 saturated carbocycles. The van der Waals surface area contributed by atoms with Crippen molar-refractivity contribution in [2.24, 2.45) is 10.9 Å². The lowest BCUT2D eigenvalue weighted by Crippen LogP contribution is -2.53. The van der Waals surface area contributed by atoms with Gasteiger partial charge in [0, 0.05) is 30.6 Å². The smallest absolute Gasteiger partial charge is 0.339 e. The second kappa shape index (κ2) is 9.99. The molecule has 3 rings (SSSR count). The Balaban J connectivity index is 1.62. The summed E-state index contributed by atoms with van der Waals surface area (Å²) >= 11 is 7.67. The van der Waals surface area contributed by atoms with Crippen LogP contribution >= 0.6 is 23.4 Å². The maximum atomic E-state index is 13.4. The number of halogens is 5. The molecule has 5 N–H and O–H groups in total. The Labute approximate surface area is 175 Å². The lowest BCUT2D eigenvalue weighted by molar-refractivity contribution is -0.153. The summed E-state index contributed by atoms with van der Waals surface area (Å²) in [4.78, 5) is 16.8. The van der Waals surface area contributed by atoms with E-state index in [1.165, 1.54) is 11.8 Å². The van der Waals surface area contributed by atoms with Crippen LogP contribution in [0.2, 0.25) is 0 Å². The van der Waals surface area contributed by atoms with Gasteiger partial charge in [-0.05, 0) is 25.2 Å². The van der Waals surface area contributed by atoms with Gasteiger partial charge in [0.25, 0.3) is 5.91 Å². The zero-order valence-corrected chi connectivity index (χ0v) is 17.1. The maximum absolute atomic E-state index is 13.4. The normalized spacial score (nSPS) is 36.2. The molecule has 1 amide bonds. The number of hydrogen-bond acceptors (Lipinski definition) is 6. The van der Waals surface area contributed by atoms with E-state index in [1.807, 2.05) is 0 Å². The van der Waals surface area contributed by atoms with E-state index in [0.717, 1.165) is 5.75 Å². The molecule has 6 unspecified atom stereocenters. The number of carbonyl (C=O) groups is 1. The number of nitrogens with zero attached hydrogens (tertiary/aromatic N) is 1. The van der Waals surface area contributed by atoms with Crippen molar-refractivity contribution in [3.63, 3.8) is 0 Å². The van der Waals surface area contributed by atoms with Crippen LogP contribution in [-0.4, -0.2) is 66.0 Å². The van der Waals surface area contributed by atoms with Gasteiger partial charge >= 0.3 is 6.18 Å². The molecule has 3 fully saturated rings. The van der Waals surface area contributed by atoms with E-state index in [0.29, 0.717) is 19.4 Å². The molecule has 0 aromatic carbocycles. The first-order chi connectivity index (χ1) is 13.7. The number of carbonyl (C=O) groups excluding carboxylic acids is 1. The van der Waals surface area contributed by atoms with Crippen molar-refractivity contribution in [3.8, 4) is 0 Å². The molecule has 2 heterocycles. The largest absolute Gasteiger partial charge is 0.405 e. The van der Waals surface area contributed by atoms with E-state index >= 15 is 0 Å². The SMILES string of the molecule is O=C(NC(=NCC1CCC(F)CC1Cl)NC1CC(C(F)(F)F)NN1)C1NCCS1. The van der Waals surface area contributed by atoms with Crippen molar-refractivity contribution in [1.82, 2.24) is 26.8 Å². The number of thioether (sulfide) groups is 1. The van der Waals surface area contributed by atoms with Crippen LogP contribution in [0.3, 0.4) is 0 Å². The van der Waals surface area contributed by atoms with Crippen molar-refractivity contribution < 1.29 is 22.4 Å². The molecule has 29 heavy (non-hydrogen) atoms. The van der Waals surface area contributed by atoms with E-state index in [1.54, 1.807) is 0 Å². The Morgan fingerprint density at radius 2 is 2.03 bits per heavy atom. The molecular formula is C16H25ClF4N6OS. The molecule has 6 atom stereocenters. The fourth-order valence-electron chi connectivity index (χ4n) is 3.47. The number of nitrogens with one attached hydrogen (secondary N) is 5. The maximum Gasteiger partial charge on any atom is 0.405 e. The topological polar surface area (TPSA) is 89.6 Å². The molecule has 0 radical (unpaired) electrons. The standard InChI is InChI=1S/C16H25ClF4N6OS/c17-10-5-9(18)2-1-8(10)7-23-15(25-13(28)14-22-3-4-29-14)24-12-6-11(26-27-12)16(19,20)21/h8-12,14,22,26-27H,1-7H2,(H2,23,24,25,28). The molecular weight excluding hydrogens is 436 g/mol. The first kappa shape index (κ1) is 22.9. The van der Waals surface area contributed by atoms with Crippen LogP contribution in [0.5, 0.6) is 0 Å². The van der Waals surface area contributed by atoms with Crippen LogP contribution in [0, 0.1) is 5.92 Å². The van der Waals surface area contributed by atoms with E-state index < -0.39 is 29.9 Å². The van der Waals surface area contributed by atoms with E-state index in [-0.39, 0.29) is 42.5 Å². The van der Waals surface area contributed by atoms with Gasteiger partial charge in [0.15, 0.2) is 5.96 Å². The van der Waals surface area contributed by atoms with Crippen LogP contribution in [0.1, 0.15) is 25.7 Å². The third-order valence-corrected chi connectivity index (χ3v) is 6.82. The van der Waals surface area contributed by atoms with Gasteiger partial charge in [0.1, 0.15) is 17.6 Å². The van der Waals surface area contributed by atoms with Crippen molar-refractivity contribution in [1.29, 1.82) is 0 Å². The summed E-state index contributed by atoms with van der Waals surface area (Å²) < 4.78 is 52.0. The van der Waals surface area contributed by atoms with Gasteiger partial charge in [-0.1, -0.05) is 0 Å². The summed E-state index contributed by atoms with van der Waals surface area (Å²) in [6.45, 7) is 0.946. The average molecular weight is 461 g/mol. The quantitative estimate of drug-likeness (QED) is 0.188. The van der Waals surface area contributed by atoms with E-state index in [4.69, 9.17) is 11.6 Å². The van der Waals surface area contributed by atoms with Crippen LogP contribution < -0.4 is 26.8 Å². The number of guanidine groups is 1. The molecule has 0 aromatic rings. The number of amides is 1. The van der Waals surface area contributed by atoms with Gasteiger partial charge in [-0.2, -0.15) is 13.2 Å². The van der Waals surface area contributed by atoms with Gasteiger partial charge < -0.3 is 5.32 Å². The molecule has 0 aromatic heterocycles. The molecule has 2 saturated heterocycles. The summed E-state index contributed by atoms with van der Waals surface area (Å²) in [5.74, 6) is 0.485. The number of hydrazine groups is 1. The fourth-order valence-corrected chi connectivity index (χ4v) is 4.79. The molecule has 0 spiro atoms. The Kier molecular flexibility index (Phi) is 7.87. The van der Waals surface area contributed by atoms with Gasteiger partial charge in [0.2, 0.25) is 0 Å². The highest BCUT2D eigenvalue weighted by atomic mass is 35.5. The zero-order chi connectivity index (χ0) is 21.0. The first-order valence-corrected chi connectivity index (χ1v) is 11.0. The van der Waals surface area contributed by atoms with Crippen LogP contribution in [0.25, 0.3) is 0 Å². The van der Waals surface area contributed by atoms with E-state index in [2.05, 4.69) is 31.8 Å². The Hall–Kier alpha value is -0.820. The Morgan fingerprint density at radius 3 is 2.66 bits per heavy atom. The number of rotatable bonds is 4. The van der Waals surface area contributed by atoms with Gasteiger partial charge in [-0.15, -0.1) is 23.4 Å². The van der Waals surface area contributed by atoms with Crippen molar-refractivity contribution in [2.45, 2.75) is 61.0 Å². The molecule has 1 aliphatic carbocycles. The molecule has 7 nitrogen and oxygen atoms in total. The minimum absolute atomic E-state index is 0.0612. The molecule has 166 valence electrons. The lowest BCUT2D eigenvalue weighted by Gasteiger charge is -2.28. The fraction of sp³-hybridized carbons (Fsp3) is 0.875. The summed E-state index contributed by atoms with van der Waals surface area (Å²) in [7, 11) is 0. The second-order valence-corrected chi connectivity index (χ2v) is 9.16. The number of hydrogen-bond donors (Lipinski definition) is 5. The lowest BCUT2D eigenvalue weighted by atomic mass is 9.88. The number of alkyl halides is 5. The Bertz CT molecular complexity index is 606. The minimum Gasteiger partial charge on any atom is -0.339 e. The van der Waals surface area contributed by atoms with Crippen molar-refractivity contribution in [3.05, 3.63) is 0 Å². The summed E-state index contributed by atoms with van der Waals surface area (Å²) in [6.07, 6.45) is -5.11. The van der Waals surface area contributed by atoms with Crippen molar-refractivity contribution >= 4 is 35.2 Å². The highest BCUT2D eigenvalue weighted by molar-refractivity contribution is 8.00. The Morgan fingerprint density at radius 1 is 1.24 bits per heavy atom. The summed E-state index contributed by atoms with van der Waals surface area (Å²) in [6, 6.07) is -1.70. The summed E-state index contributed by atoms with van der Waals surface area (Å²) in [5.41, 5.74) is 4.72. The first-order valence-electron chi connectivity index (χ1n) is 9.55. The molecule has 13 heteroatoms. The minimum atomic E-state index is -4.38. The highest BCUT2D eigenvalue weighted by Gasteiger charge is 2.44.